The molecule has 0 atom stereocenters. The molecule has 2 N–H and O–H groups in total. The standard InChI is InChI=1S/C13H23NO2/c15-12(7-6-11-4-5-11)14-10-13(16)8-2-1-3-9-13/h11,16H,1-10H2,(H,14,15). The van der Waals surface area contributed by atoms with Gasteiger partial charge in [-0.1, -0.05) is 32.1 Å². The van der Waals surface area contributed by atoms with Crippen LogP contribution in [0.4, 0.5) is 0 Å². The lowest BCUT2D eigenvalue weighted by Gasteiger charge is -2.32. The van der Waals surface area contributed by atoms with Crippen molar-refractivity contribution in [1.29, 1.82) is 0 Å². The van der Waals surface area contributed by atoms with Gasteiger partial charge >= 0.3 is 0 Å². The van der Waals surface area contributed by atoms with E-state index >= 15 is 0 Å². The maximum atomic E-state index is 11.5. The van der Waals surface area contributed by atoms with Crippen molar-refractivity contribution >= 4 is 5.91 Å². The quantitative estimate of drug-likeness (QED) is 0.751. The molecule has 2 rings (SSSR count). The molecule has 0 heterocycles. The highest BCUT2D eigenvalue weighted by atomic mass is 16.3. The second-order valence-corrected chi connectivity index (χ2v) is 5.54. The Bertz CT molecular complexity index is 242. The average Bonchev–Trinajstić information content (AvgIpc) is 3.09. The third kappa shape index (κ3) is 3.78. The lowest BCUT2D eigenvalue weighted by atomic mass is 9.85. The van der Waals surface area contributed by atoms with E-state index in [-0.39, 0.29) is 5.91 Å². The highest BCUT2D eigenvalue weighted by molar-refractivity contribution is 5.75. The number of carbonyl (C=O) groups is 1. The van der Waals surface area contributed by atoms with Crippen LogP contribution in [0, 0.1) is 5.92 Å². The Balaban J connectivity index is 1.62. The van der Waals surface area contributed by atoms with Gasteiger partial charge in [0, 0.05) is 13.0 Å². The smallest absolute Gasteiger partial charge is 0.220 e. The zero-order valence-electron chi connectivity index (χ0n) is 10.0. The minimum Gasteiger partial charge on any atom is -0.388 e. The van der Waals surface area contributed by atoms with E-state index in [1.165, 1.54) is 19.3 Å². The van der Waals surface area contributed by atoms with Crippen molar-refractivity contribution in [1.82, 2.24) is 5.32 Å². The second kappa shape index (κ2) is 5.17. The Hall–Kier alpha value is -0.570. The third-order valence-corrected chi connectivity index (χ3v) is 3.88. The molecule has 0 spiro atoms. The van der Waals surface area contributed by atoms with Crippen LogP contribution in [-0.4, -0.2) is 23.2 Å². The van der Waals surface area contributed by atoms with Gasteiger partial charge in [-0.25, -0.2) is 0 Å². The first-order valence-electron chi connectivity index (χ1n) is 6.67. The first-order chi connectivity index (χ1) is 7.68. The highest BCUT2D eigenvalue weighted by Crippen LogP contribution is 2.33. The summed E-state index contributed by atoms with van der Waals surface area (Å²) >= 11 is 0. The van der Waals surface area contributed by atoms with E-state index in [1.54, 1.807) is 0 Å². The van der Waals surface area contributed by atoms with Gasteiger partial charge in [-0.15, -0.1) is 0 Å². The van der Waals surface area contributed by atoms with Gasteiger partial charge in [0.2, 0.25) is 5.91 Å². The van der Waals surface area contributed by atoms with E-state index < -0.39 is 5.60 Å². The van der Waals surface area contributed by atoms with Crippen LogP contribution in [0.2, 0.25) is 0 Å². The molecule has 0 aromatic rings. The number of amides is 1. The van der Waals surface area contributed by atoms with Crippen LogP contribution < -0.4 is 5.32 Å². The highest BCUT2D eigenvalue weighted by Gasteiger charge is 2.29. The molecule has 0 aromatic heterocycles. The molecule has 1 amide bonds. The first kappa shape index (κ1) is 11.9. The van der Waals surface area contributed by atoms with Crippen molar-refractivity contribution in [2.75, 3.05) is 6.54 Å². The van der Waals surface area contributed by atoms with Crippen molar-refractivity contribution < 1.29 is 9.90 Å². The molecule has 0 bridgehead atoms. The van der Waals surface area contributed by atoms with Gasteiger partial charge in [-0.3, -0.25) is 4.79 Å². The van der Waals surface area contributed by atoms with Gasteiger partial charge in [0.25, 0.3) is 0 Å². The lowest BCUT2D eigenvalue weighted by molar-refractivity contribution is -0.122. The summed E-state index contributed by atoms with van der Waals surface area (Å²) in [6.45, 7) is 0.455. The monoisotopic (exact) mass is 225 g/mol. The van der Waals surface area contributed by atoms with E-state index in [4.69, 9.17) is 0 Å². The van der Waals surface area contributed by atoms with Gasteiger partial charge in [0.05, 0.1) is 5.60 Å². The predicted octanol–water partition coefficient (Wildman–Crippen LogP) is 1.99. The van der Waals surface area contributed by atoms with Crippen molar-refractivity contribution in [2.24, 2.45) is 5.92 Å². The van der Waals surface area contributed by atoms with Gasteiger partial charge in [0.1, 0.15) is 0 Å². The topological polar surface area (TPSA) is 49.3 Å². The summed E-state index contributed by atoms with van der Waals surface area (Å²) in [5.74, 6) is 0.925. The number of aliphatic hydroxyl groups is 1. The van der Waals surface area contributed by atoms with Crippen LogP contribution >= 0.6 is 0 Å². The van der Waals surface area contributed by atoms with Crippen LogP contribution in [0.1, 0.15) is 57.8 Å². The summed E-state index contributed by atoms with van der Waals surface area (Å²) in [4.78, 5) is 11.5. The molecule has 2 fully saturated rings. The molecule has 2 saturated carbocycles. The Morgan fingerprint density at radius 1 is 1.25 bits per heavy atom. The van der Waals surface area contributed by atoms with Crippen LogP contribution in [0.3, 0.4) is 0 Å². The largest absolute Gasteiger partial charge is 0.388 e. The SMILES string of the molecule is O=C(CCC1CC1)NCC1(O)CCCCC1. The zero-order chi connectivity index (χ0) is 11.4. The van der Waals surface area contributed by atoms with Crippen LogP contribution in [0.5, 0.6) is 0 Å². The summed E-state index contributed by atoms with van der Waals surface area (Å²) in [6.07, 6.45) is 9.37. The fourth-order valence-electron chi connectivity index (χ4n) is 2.48. The Morgan fingerprint density at radius 3 is 2.56 bits per heavy atom. The number of nitrogens with one attached hydrogen (secondary N) is 1. The Morgan fingerprint density at radius 2 is 1.94 bits per heavy atom. The maximum Gasteiger partial charge on any atom is 0.220 e. The van der Waals surface area contributed by atoms with Gasteiger partial charge in [-0.2, -0.15) is 0 Å². The molecule has 0 radical (unpaired) electrons. The van der Waals surface area contributed by atoms with Crippen LogP contribution in [0.25, 0.3) is 0 Å². The molecule has 3 nitrogen and oxygen atoms in total. The Kier molecular flexibility index (Phi) is 3.85. The van der Waals surface area contributed by atoms with Crippen LogP contribution in [-0.2, 0) is 4.79 Å². The number of hydrogen-bond donors (Lipinski definition) is 2. The summed E-state index contributed by atoms with van der Waals surface area (Å²) < 4.78 is 0. The van der Waals surface area contributed by atoms with E-state index in [0.29, 0.717) is 13.0 Å². The minimum absolute atomic E-state index is 0.117. The molecule has 3 heteroatoms. The van der Waals surface area contributed by atoms with E-state index in [9.17, 15) is 9.90 Å². The molecule has 0 unspecified atom stereocenters. The summed E-state index contributed by atoms with van der Waals surface area (Å²) in [7, 11) is 0. The van der Waals surface area contributed by atoms with E-state index in [0.717, 1.165) is 38.0 Å². The van der Waals surface area contributed by atoms with E-state index in [1.807, 2.05) is 0 Å². The fraction of sp³-hybridized carbons (Fsp3) is 0.923. The Labute approximate surface area is 97.6 Å². The molecule has 2 aliphatic carbocycles. The second-order valence-electron chi connectivity index (χ2n) is 5.54. The average molecular weight is 225 g/mol. The maximum absolute atomic E-state index is 11.5. The number of hydrogen-bond acceptors (Lipinski definition) is 2. The molecule has 92 valence electrons. The lowest BCUT2D eigenvalue weighted by Crippen LogP contribution is -2.44. The fourth-order valence-corrected chi connectivity index (χ4v) is 2.48. The van der Waals surface area contributed by atoms with Crippen molar-refractivity contribution in [3.63, 3.8) is 0 Å². The molecular weight excluding hydrogens is 202 g/mol. The van der Waals surface area contributed by atoms with Crippen molar-refractivity contribution in [3.8, 4) is 0 Å². The minimum atomic E-state index is -0.618. The van der Waals surface area contributed by atoms with Gasteiger partial charge in [0.15, 0.2) is 0 Å². The van der Waals surface area contributed by atoms with Crippen molar-refractivity contribution in [3.05, 3.63) is 0 Å². The van der Waals surface area contributed by atoms with E-state index in [2.05, 4.69) is 5.32 Å². The molecule has 0 aromatic carbocycles. The first-order valence-corrected chi connectivity index (χ1v) is 6.67. The summed E-state index contributed by atoms with van der Waals surface area (Å²) in [5.41, 5.74) is -0.618. The van der Waals surface area contributed by atoms with Gasteiger partial charge < -0.3 is 10.4 Å². The molecule has 0 saturated heterocycles. The van der Waals surface area contributed by atoms with Crippen molar-refractivity contribution in [2.45, 2.75) is 63.4 Å². The molecule has 16 heavy (non-hydrogen) atoms. The predicted molar refractivity (Wildman–Crippen MR) is 63.0 cm³/mol. The zero-order valence-corrected chi connectivity index (χ0v) is 10.0. The number of carbonyl (C=O) groups excluding carboxylic acids is 1. The summed E-state index contributed by atoms with van der Waals surface area (Å²) in [6, 6.07) is 0. The third-order valence-electron chi connectivity index (χ3n) is 3.88. The molecule has 2 aliphatic rings. The molecular formula is C13H23NO2. The van der Waals surface area contributed by atoms with Gasteiger partial charge in [-0.05, 0) is 25.2 Å². The molecule has 0 aliphatic heterocycles. The normalized spacial score (nSPS) is 24.1. The van der Waals surface area contributed by atoms with Crippen LogP contribution in [0.15, 0.2) is 0 Å². The summed E-state index contributed by atoms with van der Waals surface area (Å²) in [5, 5.41) is 13.1. The number of rotatable bonds is 5.